The lowest BCUT2D eigenvalue weighted by Gasteiger charge is -2.24. The van der Waals surface area contributed by atoms with Gasteiger partial charge < -0.3 is 10.3 Å². The fourth-order valence-electron chi connectivity index (χ4n) is 3.96. The normalized spacial score (nSPS) is 16.0. The molecule has 4 aromatic rings. The van der Waals surface area contributed by atoms with E-state index in [2.05, 4.69) is 85.6 Å². The van der Waals surface area contributed by atoms with E-state index in [9.17, 15) is 0 Å². The Morgan fingerprint density at radius 1 is 1.07 bits per heavy atom. The van der Waals surface area contributed by atoms with Gasteiger partial charge in [-0.15, -0.1) is 0 Å². The van der Waals surface area contributed by atoms with Crippen molar-refractivity contribution in [2.75, 3.05) is 5.32 Å². The van der Waals surface area contributed by atoms with Crippen LogP contribution in [0.25, 0.3) is 16.7 Å². The number of benzene rings is 2. The molecule has 140 valence electrons. The minimum atomic E-state index is -0.265. The molecule has 2 aromatic carbocycles. The third kappa shape index (κ3) is 2.54. The molecular weight excluding hydrogens is 416 g/mol. The molecule has 1 unspecified atom stereocenters. The summed E-state index contributed by atoms with van der Waals surface area (Å²) >= 11 is 3.51. The van der Waals surface area contributed by atoms with Gasteiger partial charge in [0.25, 0.3) is 0 Å². The fourth-order valence-corrected chi connectivity index (χ4v) is 4.23. The SMILES string of the molecule is Cc1cc(C2N=C(N)Nc3nc4ccccc4n32)c(C)n1-c1ccc(Br)cc1. The number of nitrogens with one attached hydrogen (secondary N) is 1. The van der Waals surface area contributed by atoms with Crippen LogP contribution in [0.3, 0.4) is 0 Å². The largest absolute Gasteiger partial charge is 0.370 e. The quantitative estimate of drug-likeness (QED) is 0.487. The number of imidazole rings is 1. The number of aromatic nitrogens is 3. The standard InChI is InChI=1S/C21H19BrN6/c1-12-11-16(13(2)27(12)15-9-7-14(22)8-10-15)19-25-20(23)26-21-24-17-5-3-4-6-18(17)28(19)21/h3-11,19H,1-2H3,(H3,23,24,25,26). The van der Waals surface area contributed by atoms with Crippen LogP contribution in [0, 0.1) is 13.8 Å². The van der Waals surface area contributed by atoms with Crippen molar-refractivity contribution in [2.24, 2.45) is 10.7 Å². The van der Waals surface area contributed by atoms with E-state index in [0.29, 0.717) is 11.9 Å². The van der Waals surface area contributed by atoms with Crippen LogP contribution >= 0.6 is 15.9 Å². The van der Waals surface area contributed by atoms with Crippen LogP contribution in [0.2, 0.25) is 0 Å². The van der Waals surface area contributed by atoms with Crippen LogP contribution in [0.15, 0.2) is 64.1 Å². The first-order chi connectivity index (χ1) is 13.5. The summed E-state index contributed by atoms with van der Waals surface area (Å²) in [5.74, 6) is 1.09. The Bertz CT molecular complexity index is 1230. The van der Waals surface area contributed by atoms with E-state index in [1.165, 1.54) is 0 Å². The number of nitrogens with two attached hydrogens (primary N) is 1. The van der Waals surface area contributed by atoms with Crippen molar-refractivity contribution in [3.05, 3.63) is 76.0 Å². The molecule has 0 saturated heterocycles. The minimum absolute atomic E-state index is 0.265. The first-order valence-electron chi connectivity index (χ1n) is 9.05. The van der Waals surface area contributed by atoms with Crippen molar-refractivity contribution in [1.29, 1.82) is 0 Å². The number of nitrogens with zero attached hydrogens (tertiary/aromatic N) is 4. The second-order valence-electron chi connectivity index (χ2n) is 6.95. The number of hydrogen-bond acceptors (Lipinski definition) is 4. The van der Waals surface area contributed by atoms with Gasteiger partial charge in [-0.2, -0.15) is 0 Å². The molecule has 0 amide bonds. The van der Waals surface area contributed by atoms with Gasteiger partial charge in [0.15, 0.2) is 12.1 Å². The molecule has 0 fully saturated rings. The van der Waals surface area contributed by atoms with E-state index in [-0.39, 0.29) is 6.17 Å². The highest BCUT2D eigenvalue weighted by Crippen LogP contribution is 2.35. The summed E-state index contributed by atoms with van der Waals surface area (Å²) in [6.45, 7) is 4.23. The van der Waals surface area contributed by atoms with Crippen molar-refractivity contribution in [3.63, 3.8) is 0 Å². The molecule has 0 radical (unpaired) electrons. The van der Waals surface area contributed by atoms with Crippen molar-refractivity contribution >= 4 is 38.9 Å². The van der Waals surface area contributed by atoms with E-state index in [1.54, 1.807) is 0 Å². The molecular formula is C21H19BrN6. The Morgan fingerprint density at radius 2 is 1.82 bits per heavy atom. The highest BCUT2D eigenvalue weighted by atomic mass is 79.9. The number of aliphatic imine (C=N–C) groups is 1. The highest BCUT2D eigenvalue weighted by molar-refractivity contribution is 9.10. The average Bonchev–Trinajstić information content (AvgIpc) is 3.19. The lowest BCUT2D eigenvalue weighted by atomic mass is 10.1. The number of guanidine groups is 1. The molecule has 0 aliphatic carbocycles. The lowest BCUT2D eigenvalue weighted by molar-refractivity contribution is 0.621. The number of rotatable bonds is 2. The van der Waals surface area contributed by atoms with Gasteiger partial charge in [0.05, 0.1) is 11.0 Å². The van der Waals surface area contributed by atoms with Crippen molar-refractivity contribution < 1.29 is 0 Å². The molecule has 0 bridgehead atoms. The van der Waals surface area contributed by atoms with E-state index in [1.807, 2.05) is 18.2 Å². The first kappa shape index (κ1) is 17.1. The fraction of sp³-hybridized carbons (Fsp3) is 0.143. The predicted octanol–water partition coefficient (Wildman–Crippen LogP) is 4.49. The molecule has 7 heteroatoms. The molecule has 28 heavy (non-hydrogen) atoms. The number of fused-ring (bicyclic) bond motifs is 3. The van der Waals surface area contributed by atoms with Crippen LogP contribution < -0.4 is 11.1 Å². The number of halogens is 1. The molecule has 3 N–H and O–H groups in total. The van der Waals surface area contributed by atoms with Crippen molar-refractivity contribution in [3.8, 4) is 5.69 Å². The highest BCUT2D eigenvalue weighted by Gasteiger charge is 2.28. The summed E-state index contributed by atoms with van der Waals surface area (Å²) in [7, 11) is 0. The van der Waals surface area contributed by atoms with Gasteiger partial charge in [0, 0.05) is 27.1 Å². The molecule has 0 spiro atoms. The smallest absolute Gasteiger partial charge is 0.212 e. The number of para-hydroxylation sites is 2. The molecule has 3 heterocycles. The summed E-state index contributed by atoms with van der Waals surface area (Å²) in [4.78, 5) is 9.41. The van der Waals surface area contributed by atoms with Gasteiger partial charge in [-0.3, -0.25) is 9.88 Å². The van der Waals surface area contributed by atoms with Crippen LogP contribution in [0.5, 0.6) is 0 Å². The molecule has 1 aliphatic rings. The Labute approximate surface area is 170 Å². The molecule has 6 nitrogen and oxygen atoms in total. The molecule has 5 rings (SSSR count). The molecule has 1 aliphatic heterocycles. The van der Waals surface area contributed by atoms with Gasteiger partial charge >= 0.3 is 0 Å². The average molecular weight is 435 g/mol. The molecule has 1 atom stereocenters. The maximum absolute atomic E-state index is 6.10. The summed E-state index contributed by atoms with van der Waals surface area (Å²) in [6.07, 6.45) is -0.265. The topological polar surface area (TPSA) is 73.2 Å². The predicted molar refractivity (Wildman–Crippen MR) is 116 cm³/mol. The van der Waals surface area contributed by atoms with Crippen LogP contribution in [0.1, 0.15) is 23.1 Å². The van der Waals surface area contributed by atoms with Crippen LogP contribution in [0.4, 0.5) is 5.95 Å². The Hall–Kier alpha value is -3.06. The lowest BCUT2D eigenvalue weighted by Crippen LogP contribution is -2.31. The van der Waals surface area contributed by atoms with E-state index in [0.717, 1.165) is 38.1 Å². The Morgan fingerprint density at radius 3 is 2.61 bits per heavy atom. The zero-order valence-electron chi connectivity index (χ0n) is 15.5. The van der Waals surface area contributed by atoms with E-state index in [4.69, 9.17) is 10.7 Å². The number of hydrogen-bond donors (Lipinski definition) is 2. The van der Waals surface area contributed by atoms with E-state index >= 15 is 0 Å². The monoisotopic (exact) mass is 434 g/mol. The van der Waals surface area contributed by atoms with Crippen LogP contribution in [-0.2, 0) is 0 Å². The zero-order chi connectivity index (χ0) is 19.4. The second kappa shape index (κ2) is 6.24. The Balaban J connectivity index is 1.71. The zero-order valence-corrected chi connectivity index (χ0v) is 17.1. The second-order valence-corrected chi connectivity index (χ2v) is 7.86. The van der Waals surface area contributed by atoms with Gasteiger partial charge in [-0.25, -0.2) is 9.98 Å². The van der Waals surface area contributed by atoms with Crippen molar-refractivity contribution in [1.82, 2.24) is 14.1 Å². The van der Waals surface area contributed by atoms with Gasteiger partial charge in [-0.1, -0.05) is 28.1 Å². The first-order valence-corrected chi connectivity index (χ1v) is 9.84. The maximum Gasteiger partial charge on any atom is 0.212 e. The molecule has 2 aromatic heterocycles. The number of aryl methyl sites for hydroxylation is 1. The van der Waals surface area contributed by atoms with Gasteiger partial charge in [0.1, 0.15) is 0 Å². The summed E-state index contributed by atoms with van der Waals surface area (Å²) in [6, 6.07) is 18.6. The maximum atomic E-state index is 6.10. The molecule has 0 saturated carbocycles. The van der Waals surface area contributed by atoms with Crippen molar-refractivity contribution in [2.45, 2.75) is 20.0 Å². The third-order valence-corrected chi connectivity index (χ3v) is 5.70. The summed E-state index contributed by atoms with van der Waals surface area (Å²) < 4.78 is 5.41. The van der Waals surface area contributed by atoms with Gasteiger partial charge in [-0.05, 0) is 56.3 Å². The number of anilines is 1. The summed E-state index contributed by atoms with van der Waals surface area (Å²) in [5.41, 5.74) is 12.5. The Kier molecular flexibility index (Phi) is 3.80. The van der Waals surface area contributed by atoms with E-state index < -0.39 is 0 Å². The third-order valence-electron chi connectivity index (χ3n) is 5.17. The van der Waals surface area contributed by atoms with Crippen LogP contribution in [-0.4, -0.2) is 20.1 Å². The minimum Gasteiger partial charge on any atom is -0.370 e. The summed E-state index contributed by atoms with van der Waals surface area (Å²) in [5, 5.41) is 3.10. The van der Waals surface area contributed by atoms with Gasteiger partial charge in [0.2, 0.25) is 5.95 Å².